The molecule has 7 nitrogen and oxygen atoms in total. The molecule has 0 atom stereocenters. The third kappa shape index (κ3) is 5.03. The standard InChI is InChI=1S/C21H21N3O4/c25-20(11-10-16-6-4-9-19(14-16)24(27)28)22-18-8-5-7-17(15-18)21(26)23-12-2-1-3-13-23/h4-11,14-15H,1-3,12-13H2,(H,22,25)/b11-10+. The molecule has 2 aromatic rings. The predicted octanol–water partition coefficient (Wildman–Crippen LogP) is 3.87. The van der Waals surface area contributed by atoms with Gasteiger partial charge in [0.15, 0.2) is 0 Å². The van der Waals surface area contributed by atoms with Crippen LogP contribution in [0.15, 0.2) is 54.6 Å². The maximum absolute atomic E-state index is 12.6. The fourth-order valence-corrected chi connectivity index (χ4v) is 3.11. The van der Waals surface area contributed by atoms with Crippen molar-refractivity contribution in [3.63, 3.8) is 0 Å². The molecule has 1 saturated heterocycles. The Bertz CT molecular complexity index is 917. The van der Waals surface area contributed by atoms with Crippen molar-refractivity contribution in [1.82, 2.24) is 4.90 Å². The van der Waals surface area contributed by atoms with Crippen LogP contribution in [0.1, 0.15) is 35.2 Å². The largest absolute Gasteiger partial charge is 0.339 e. The SMILES string of the molecule is O=C(/C=C/c1cccc([N+](=O)[O-])c1)Nc1cccc(C(=O)N2CCCCC2)c1. The summed E-state index contributed by atoms with van der Waals surface area (Å²) in [6, 6.07) is 12.9. The first-order valence-corrected chi connectivity index (χ1v) is 9.16. The Labute approximate surface area is 162 Å². The van der Waals surface area contributed by atoms with Crippen LogP contribution < -0.4 is 5.32 Å². The number of nitro benzene ring substituents is 1. The molecule has 28 heavy (non-hydrogen) atoms. The molecule has 2 aromatic carbocycles. The third-order valence-electron chi connectivity index (χ3n) is 4.53. The van der Waals surface area contributed by atoms with E-state index in [9.17, 15) is 19.7 Å². The van der Waals surface area contributed by atoms with Crippen molar-refractivity contribution >= 4 is 29.3 Å². The van der Waals surface area contributed by atoms with Crippen molar-refractivity contribution < 1.29 is 14.5 Å². The number of likely N-dealkylation sites (tertiary alicyclic amines) is 1. The van der Waals surface area contributed by atoms with Gasteiger partial charge in [-0.15, -0.1) is 0 Å². The third-order valence-corrected chi connectivity index (χ3v) is 4.53. The summed E-state index contributed by atoms with van der Waals surface area (Å²) in [5.74, 6) is -0.406. The number of hydrogen-bond donors (Lipinski definition) is 1. The topological polar surface area (TPSA) is 92.5 Å². The molecule has 1 aliphatic rings. The second-order valence-electron chi connectivity index (χ2n) is 6.61. The van der Waals surface area contributed by atoms with E-state index in [1.807, 2.05) is 4.90 Å². The van der Waals surface area contributed by atoms with Crippen LogP contribution in [0.5, 0.6) is 0 Å². The Morgan fingerprint density at radius 1 is 1.04 bits per heavy atom. The van der Waals surface area contributed by atoms with E-state index in [1.54, 1.807) is 36.4 Å². The maximum Gasteiger partial charge on any atom is 0.270 e. The number of nitrogens with one attached hydrogen (secondary N) is 1. The van der Waals surface area contributed by atoms with Gasteiger partial charge in [-0.2, -0.15) is 0 Å². The van der Waals surface area contributed by atoms with E-state index in [0.29, 0.717) is 16.8 Å². The number of piperidine rings is 1. The van der Waals surface area contributed by atoms with E-state index in [1.165, 1.54) is 24.3 Å². The monoisotopic (exact) mass is 379 g/mol. The number of benzene rings is 2. The van der Waals surface area contributed by atoms with Crippen molar-refractivity contribution in [2.24, 2.45) is 0 Å². The van der Waals surface area contributed by atoms with Gasteiger partial charge in [0.2, 0.25) is 5.91 Å². The number of rotatable bonds is 5. The highest BCUT2D eigenvalue weighted by atomic mass is 16.6. The van der Waals surface area contributed by atoms with Gasteiger partial charge in [-0.3, -0.25) is 19.7 Å². The van der Waals surface area contributed by atoms with E-state index in [0.717, 1.165) is 32.4 Å². The average Bonchev–Trinajstić information content (AvgIpc) is 2.73. The predicted molar refractivity (Wildman–Crippen MR) is 107 cm³/mol. The van der Waals surface area contributed by atoms with Crippen LogP contribution in [0, 0.1) is 10.1 Å². The van der Waals surface area contributed by atoms with Crippen LogP contribution in [-0.4, -0.2) is 34.7 Å². The minimum absolute atomic E-state index is 0.0251. The molecular formula is C21H21N3O4. The Balaban J connectivity index is 1.65. The summed E-state index contributed by atoms with van der Waals surface area (Å²) < 4.78 is 0. The molecule has 3 rings (SSSR count). The van der Waals surface area contributed by atoms with Gasteiger partial charge < -0.3 is 10.2 Å². The number of non-ortho nitro benzene ring substituents is 1. The van der Waals surface area contributed by atoms with Crippen LogP contribution >= 0.6 is 0 Å². The number of carbonyl (C=O) groups is 2. The fourth-order valence-electron chi connectivity index (χ4n) is 3.11. The summed E-state index contributed by atoms with van der Waals surface area (Å²) in [6.07, 6.45) is 6.00. The number of hydrogen-bond acceptors (Lipinski definition) is 4. The van der Waals surface area contributed by atoms with Gasteiger partial charge >= 0.3 is 0 Å². The van der Waals surface area contributed by atoms with Crippen LogP contribution in [0.2, 0.25) is 0 Å². The second-order valence-corrected chi connectivity index (χ2v) is 6.61. The molecule has 1 N–H and O–H groups in total. The van der Waals surface area contributed by atoms with Crippen molar-refractivity contribution in [2.45, 2.75) is 19.3 Å². The molecule has 0 aliphatic carbocycles. The molecular weight excluding hydrogens is 358 g/mol. The molecule has 144 valence electrons. The van der Waals surface area contributed by atoms with E-state index in [2.05, 4.69) is 5.32 Å². The maximum atomic E-state index is 12.6. The van der Waals surface area contributed by atoms with E-state index in [4.69, 9.17) is 0 Å². The van der Waals surface area contributed by atoms with Crippen LogP contribution in [0.25, 0.3) is 6.08 Å². The van der Waals surface area contributed by atoms with E-state index >= 15 is 0 Å². The van der Waals surface area contributed by atoms with Gasteiger partial charge in [0, 0.05) is 42.5 Å². The molecule has 7 heteroatoms. The minimum Gasteiger partial charge on any atom is -0.339 e. The van der Waals surface area contributed by atoms with E-state index < -0.39 is 4.92 Å². The molecule has 2 amide bonds. The van der Waals surface area contributed by atoms with Gasteiger partial charge in [0.1, 0.15) is 0 Å². The van der Waals surface area contributed by atoms with Crippen molar-refractivity contribution in [2.75, 3.05) is 18.4 Å². The zero-order valence-corrected chi connectivity index (χ0v) is 15.3. The van der Waals surface area contributed by atoms with Gasteiger partial charge in [-0.1, -0.05) is 18.2 Å². The highest BCUT2D eigenvalue weighted by Gasteiger charge is 2.18. The summed E-state index contributed by atoms with van der Waals surface area (Å²) in [4.78, 5) is 36.9. The van der Waals surface area contributed by atoms with Crippen LogP contribution in [0.3, 0.4) is 0 Å². The number of nitro groups is 1. The molecule has 0 aromatic heterocycles. The Morgan fingerprint density at radius 2 is 1.79 bits per heavy atom. The molecule has 0 bridgehead atoms. The summed E-state index contributed by atoms with van der Waals surface area (Å²) >= 11 is 0. The van der Waals surface area contributed by atoms with Gasteiger partial charge in [0.05, 0.1) is 4.92 Å². The van der Waals surface area contributed by atoms with E-state index in [-0.39, 0.29) is 17.5 Å². The number of nitrogens with zero attached hydrogens (tertiary/aromatic N) is 2. The smallest absolute Gasteiger partial charge is 0.270 e. The van der Waals surface area contributed by atoms with Gasteiger partial charge in [-0.05, 0) is 49.1 Å². The first kappa shape index (κ1) is 19.3. The molecule has 0 saturated carbocycles. The lowest BCUT2D eigenvalue weighted by Crippen LogP contribution is -2.35. The van der Waals surface area contributed by atoms with Gasteiger partial charge in [-0.25, -0.2) is 0 Å². The second kappa shape index (κ2) is 8.94. The Morgan fingerprint density at radius 3 is 2.54 bits per heavy atom. The number of anilines is 1. The van der Waals surface area contributed by atoms with Crippen LogP contribution in [-0.2, 0) is 4.79 Å². The van der Waals surface area contributed by atoms with Crippen molar-refractivity contribution in [3.8, 4) is 0 Å². The zero-order chi connectivity index (χ0) is 19.9. The quantitative estimate of drug-likeness (QED) is 0.485. The van der Waals surface area contributed by atoms with Crippen molar-refractivity contribution in [3.05, 3.63) is 75.8 Å². The summed E-state index contributed by atoms with van der Waals surface area (Å²) in [5.41, 5.74) is 1.59. The first-order chi connectivity index (χ1) is 13.5. The average molecular weight is 379 g/mol. The lowest BCUT2D eigenvalue weighted by molar-refractivity contribution is -0.384. The zero-order valence-electron chi connectivity index (χ0n) is 15.3. The summed E-state index contributed by atoms with van der Waals surface area (Å²) in [7, 11) is 0. The molecule has 1 heterocycles. The number of carbonyl (C=O) groups excluding carboxylic acids is 2. The molecule has 0 spiro atoms. The lowest BCUT2D eigenvalue weighted by Gasteiger charge is -2.26. The normalized spacial score (nSPS) is 14.1. The van der Waals surface area contributed by atoms with Gasteiger partial charge in [0.25, 0.3) is 11.6 Å². The highest BCUT2D eigenvalue weighted by Crippen LogP contribution is 2.17. The summed E-state index contributed by atoms with van der Waals surface area (Å²) in [5, 5.41) is 13.5. The fraction of sp³-hybridized carbons (Fsp3) is 0.238. The molecule has 1 fully saturated rings. The molecule has 0 radical (unpaired) electrons. The van der Waals surface area contributed by atoms with Crippen molar-refractivity contribution in [1.29, 1.82) is 0 Å². The molecule has 0 unspecified atom stereocenters. The summed E-state index contributed by atoms with van der Waals surface area (Å²) in [6.45, 7) is 1.53. The highest BCUT2D eigenvalue weighted by molar-refractivity contribution is 6.03. The first-order valence-electron chi connectivity index (χ1n) is 9.16. The molecule has 1 aliphatic heterocycles. The number of amides is 2. The Hall–Kier alpha value is -3.48. The lowest BCUT2D eigenvalue weighted by atomic mass is 10.1. The van der Waals surface area contributed by atoms with Crippen LogP contribution in [0.4, 0.5) is 11.4 Å². The minimum atomic E-state index is -0.484. The Kier molecular flexibility index (Phi) is 6.16.